The Morgan fingerprint density at radius 3 is 2.52 bits per heavy atom. The van der Waals surface area contributed by atoms with Crippen molar-refractivity contribution in [3.05, 3.63) is 99.0 Å². The van der Waals surface area contributed by atoms with Crippen molar-refractivity contribution < 1.29 is 9.59 Å². The lowest BCUT2D eigenvalue weighted by atomic mass is 9.81. The minimum Gasteiger partial charge on any atom is -0.325 e. The van der Waals surface area contributed by atoms with E-state index in [9.17, 15) is 14.4 Å². The summed E-state index contributed by atoms with van der Waals surface area (Å²) >= 11 is 0. The fourth-order valence-corrected chi connectivity index (χ4v) is 3.90. The summed E-state index contributed by atoms with van der Waals surface area (Å²) in [5.41, 5.74) is 3.25. The Hall–Kier alpha value is -3.47. The number of Topliss-reactive ketones (excluding diaryl/α,β-unsaturated/α-hetero) is 1. The maximum absolute atomic E-state index is 12.8. The molecule has 0 aliphatic heterocycles. The van der Waals surface area contributed by atoms with E-state index >= 15 is 0 Å². The lowest BCUT2D eigenvalue weighted by Gasteiger charge is -2.24. The molecule has 146 valence electrons. The summed E-state index contributed by atoms with van der Waals surface area (Å²) in [5, 5.41) is 2.80. The number of nitrogens with one attached hydrogen (secondary N) is 2. The van der Waals surface area contributed by atoms with Crippen LogP contribution in [-0.2, 0) is 12.8 Å². The number of hydrogen-bond donors (Lipinski definition) is 2. The van der Waals surface area contributed by atoms with Gasteiger partial charge in [0.05, 0.1) is 0 Å². The molecule has 1 unspecified atom stereocenters. The van der Waals surface area contributed by atoms with Crippen LogP contribution < -0.4 is 10.9 Å². The van der Waals surface area contributed by atoms with Gasteiger partial charge in [-0.1, -0.05) is 55.5 Å². The molecule has 0 fully saturated rings. The number of para-hydroxylation sites is 1. The molecule has 5 heteroatoms. The maximum atomic E-state index is 12.8. The van der Waals surface area contributed by atoms with Crippen molar-refractivity contribution in [2.24, 2.45) is 0 Å². The average molecular weight is 386 g/mol. The zero-order chi connectivity index (χ0) is 20.4. The molecular formula is C24H22N2O3. The molecule has 0 saturated heterocycles. The van der Waals surface area contributed by atoms with Crippen molar-refractivity contribution in [2.75, 3.05) is 5.32 Å². The van der Waals surface area contributed by atoms with Crippen LogP contribution in [0.1, 0.15) is 56.8 Å². The Morgan fingerprint density at radius 1 is 1.03 bits per heavy atom. The second-order valence-corrected chi connectivity index (χ2v) is 7.31. The van der Waals surface area contributed by atoms with E-state index in [0.717, 1.165) is 17.5 Å². The van der Waals surface area contributed by atoms with Gasteiger partial charge in [0.25, 0.3) is 11.5 Å². The number of aromatic amines is 1. The number of aryl methyl sites for hydroxylation is 1. The van der Waals surface area contributed by atoms with Gasteiger partial charge >= 0.3 is 0 Å². The van der Waals surface area contributed by atoms with Gasteiger partial charge in [0.1, 0.15) is 5.56 Å². The molecule has 4 rings (SSSR count). The van der Waals surface area contributed by atoms with E-state index in [1.54, 1.807) is 6.07 Å². The lowest BCUT2D eigenvalue weighted by molar-refractivity contribution is 0.0963. The lowest BCUT2D eigenvalue weighted by Crippen LogP contribution is -2.29. The SMILES string of the molecule is CCc1ccccc1NC(=O)c1cc2c([nH]c1=O)CC(c1ccccc1)CC2=O. The number of amides is 1. The van der Waals surface area contributed by atoms with E-state index in [1.807, 2.05) is 55.5 Å². The highest BCUT2D eigenvalue weighted by Gasteiger charge is 2.28. The fourth-order valence-electron chi connectivity index (χ4n) is 3.90. The molecule has 1 aliphatic rings. The molecule has 1 aliphatic carbocycles. The van der Waals surface area contributed by atoms with Gasteiger partial charge in [-0.15, -0.1) is 0 Å². The van der Waals surface area contributed by atoms with Crippen LogP contribution in [0.4, 0.5) is 5.69 Å². The molecule has 0 bridgehead atoms. The molecule has 0 radical (unpaired) electrons. The first-order valence-electron chi connectivity index (χ1n) is 9.80. The number of carbonyl (C=O) groups is 2. The fraction of sp³-hybridized carbons (Fsp3) is 0.208. The number of rotatable bonds is 4. The third-order valence-corrected chi connectivity index (χ3v) is 5.47. The Labute approximate surface area is 168 Å². The third kappa shape index (κ3) is 3.76. The van der Waals surface area contributed by atoms with Crippen LogP contribution >= 0.6 is 0 Å². The van der Waals surface area contributed by atoms with Gasteiger partial charge in [-0.05, 0) is 42.0 Å². The smallest absolute Gasteiger partial charge is 0.261 e. The molecular weight excluding hydrogens is 364 g/mol. The number of benzene rings is 2. The van der Waals surface area contributed by atoms with Crippen molar-refractivity contribution in [3.63, 3.8) is 0 Å². The van der Waals surface area contributed by atoms with Crippen molar-refractivity contribution in [1.82, 2.24) is 4.98 Å². The number of carbonyl (C=O) groups excluding carboxylic acids is 2. The monoisotopic (exact) mass is 386 g/mol. The third-order valence-electron chi connectivity index (χ3n) is 5.47. The Bertz CT molecular complexity index is 1130. The first-order chi connectivity index (χ1) is 14.1. The molecule has 5 nitrogen and oxygen atoms in total. The standard InChI is InChI=1S/C24H22N2O3/c1-2-15-8-6-7-11-20(15)25-23(28)19-14-18-21(26-24(19)29)12-17(13-22(18)27)16-9-4-3-5-10-16/h3-11,14,17H,2,12-13H2,1H3,(H,25,28)(H,26,29). The van der Waals surface area contributed by atoms with Gasteiger partial charge in [0.15, 0.2) is 5.78 Å². The van der Waals surface area contributed by atoms with Gasteiger partial charge in [0.2, 0.25) is 0 Å². The van der Waals surface area contributed by atoms with Crippen LogP contribution in [0.3, 0.4) is 0 Å². The number of pyridine rings is 1. The first kappa shape index (κ1) is 18.9. The highest BCUT2D eigenvalue weighted by molar-refractivity contribution is 6.07. The molecule has 1 amide bonds. The quantitative estimate of drug-likeness (QED) is 0.708. The minimum atomic E-state index is -0.507. The van der Waals surface area contributed by atoms with E-state index in [4.69, 9.17) is 0 Å². The molecule has 0 spiro atoms. The Kier molecular flexibility index (Phi) is 5.12. The second-order valence-electron chi connectivity index (χ2n) is 7.31. The molecule has 3 aromatic rings. The molecule has 2 aromatic carbocycles. The molecule has 1 atom stereocenters. The molecule has 1 aromatic heterocycles. The van der Waals surface area contributed by atoms with Crippen LogP contribution in [0.5, 0.6) is 0 Å². The van der Waals surface area contributed by atoms with Crippen molar-refractivity contribution in [2.45, 2.75) is 32.1 Å². The molecule has 2 N–H and O–H groups in total. The summed E-state index contributed by atoms with van der Waals surface area (Å²) in [7, 11) is 0. The van der Waals surface area contributed by atoms with Gasteiger partial charge in [-0.2, -0.15) is 0 Å². The predicted octanol–water partition coefficient (Wildman–Crippen LogP) is 4.10. The van der Waals surface area contributed by atoms with E-state index in [2.05, 4.69) is 10.3 Å². The zero-order valence-corrected chi connectivity index (χ0v) is 16.2. The van der Waals surface area contributed by atoms with Gasteiger partial charge in [-0.3, -0.25) is 14.4 Å². The number of fused-ring (bicyclic) bond motifs is 1. The van der Waals surface area contributed by atoms with Crippen LogP contribution in [0, 0.1) is 0 Å². The van der Waals surface area contributed by atoms with Crippen LogP contribution in [0.25, 0.3) is 0 Å². The van der Waals surface area contributed by atoms with E-state index in [1.165, 1.54) is 6.07 Å². The maximum Gasteiger partial charge on any atom is 0.261 e. The average Bonchev–Trinajstić information content (AvgIpc) is 2.74. The highest BCUT2D eigenvalue weighted by atomic mass is 16.2. The summed E-state index contributed by atoms with van der Waals surface area (Å²) in [6.07, 6.45) is 1.69. The van der Waals surface area contributed by atoms with Gasteiger partial charge < -0.3 is 10.3 Å². The summed E-state index contributed by atoms with van der Waals surface area (Å²) < 4.78 is 0. The molecule has 0 saturated carbocycles. The number of H-pyrrole nitrogens is 1. The van der Waals surface area contributed by atoms with E-state index < -0.39 is 11.5 Å². The van der Waals surface area contributed by atoms with Crippen LogP contribution in [-0.4, -0.2) is 16.7 Å². The normalized spacial score (nSPS) is 15.6. The Balaban J connectivity index is 1.63. The summed E-state index contributed by atoms with van der Waals surface area (Å²) in [6, 6.07) is 18.7. The van der Waals surface area contributed by atoms with Crippen molar-refractivity contribution >= 4 is 17.4 Å². The van der Waals surface area contributed by atoms with E-state index in [-0.39, 0.29) is 17.3 Å². The second kappa shape index (κ2) is 7.87. The van der Waals surface area contributed by atoms with Gasteiger partial charge in [0, 0.05) is 23.4 Å². The van der Waals surface area contributed by atoms with Crippen molar-refractivity contribution in [1.29, 1.82) is 0 Å². The number of anilines is 1. The van der Waals surface area contributed by atoms with Crippen molar-refractivity contribution in [3.8, 4) is 0 Å². The van der Waals surface area contributed by atoms with Crippen LogP contribution in [0.15, 0.2) is 65.5 Å². The molecule has 1 heterocycles. The van der Waals surface area contributed by atoms with Crippen LogP contribution in [0.2, 0.25) is 0 Å². The largest absolute Gasteiger partial charge is 0.325 e. The highest BCUT2D eigenvalue weighted by Crippen LogP contribution is 2.31. The number of ketones is 1. The minimum absolute atomic E-state index is 0.0305. The van der Waals surface area contributed by atoms with Gasteiger partial charge in [-0.25, -0.2) is 0 Å². The number of aromatic nitrogens is 1. The summed E-state index contributed by atoms with van der Waals surface area (Å²) in [5.74, 6) is -0.532. The van der Waals surface area contributed by atoms with E-state index in [0.29, 0.717) is 29.8 Å². The zero-order valence-electron chi connectivity index (χ0n) is 16.2. The summed E-state index contributed by atoms with van der Waals surface area (Å²) in [4.78, 5) is 40.9. The summed E-state index contributed by atoms with van der Waals surface area (Å²) in [6.45, 7) is 2.00. The topological polar surface area (TPSA) is 79.0 Å². The predicted molar refractivity (Wildman–Crippen MR) is 113 cm³/mol. The number of hydrogen-bond acceptors (Lipinski definition) is 3. The Morgan fingerprint density at radius 2 is 1.76 bits per heavy atom. The first-order valence-corrected chi connectivity index (χ1v) is 9.80. The molecule has 29 heavy (non-hydrogen) atoms.